The van der Waals surface area contributed by atoms with E-state index in [2.05, 4.69) is 14.0 Å². The van der Waals surface area contributed by atoms with Gasteiger partial charge in [-0.3, -0.25) is 0 Å². The summed E-state index contributed by atoms with van der Waals surface area (Å²) in [6, 6.07) is 0. The van der Waals surface area contributed by atoms with Crippen LogP contribution in [-0.2, 0) is 18.7 Å². The molecule has 0 bridgehead atoms. The first kappa shape index (κ1) is 20.6. The monoisotopic (exact) mass is 282 g/mol. The van der Waals surface area contributed by atoms with Crippen LogP contribution in [0.5, 0.6) is 0 Å². The van der Waals surface area contributed by atoms with Crippen LogP contribution in [0.15, 0.2) is 0 Å². The summed E-state index contributed by atoms with van der Waals surface area (Å²) >= 11 is 0. The summed E-state index contributed by atoms with van der Waals surface area (Å²) in [4.78, 5) is 0. The third-order valence-electron chi connectivity index (χ3n) is 1.70. The maximum Gasteiger partial charge on any atom is 0.104 e. The summed E-state index contributed by atoms with van der Waals surface area (Å²) < 4.78 is 20.9. The van der Waals surface area contributed by atoms with Crippen LogP contribution >= 0.6 is 9.47 Å². The van der Waals surface area contributed by atoms with E-state index in [0.29, 0.717) is 13.2 Å². The molecule has 0 amide bonds. The Balaban J connectivity index is 0. The van der Waals surface area contributed by atoms with Crippen LogP contribution in [0, 0.1) is 0 Å². The van der Waals surface area contributed by atoms with Gasteiger partial charge >= 0.3 is 0 Å². The molecule has 0 saturated carbocycles. The molecule has 0 saturated heterocycles. The molecule has 1 unspecified atom stereocenters. The number of rotatable bonds is 8. The van der Waals surface area contributed by atoms with E-state index in [1.165, 1.54) is 0 Å². The molecule has 112 valence electrons. The Morgan fingerprint density at radius 2 is 1.11 bits per heavy atom. The first-order valence-electron chi connectivity index (χ1n) is 6.44. The molecule has 0 aliphatic heterocycles. The molecule has 5 heteroatoms. The van der Waals surface area contributed by atoms with Crippen molar-refractivity contribution < 1.29 is 18.7 Å². The lowest BCUT2D eigenvalue weighted by Crippen LogP contribution is -2.30. The first-order chi connectivity index (χ1) is 8.33. The van der Waals surface area contributed by atoms with Crippen LogP contribution < -0.4 is 0 Å². The molecule has 0 spiro atoms. The molecule has 0 radical (unpaired) electrons. The standard InChI is InChI=1S/C12H26O3.CH5OP/c1-9(2)13-7-12(15-11(5)6)8-14-10(3)4;1-2-3/h9-12H,7-8H2,1-6H3;3H2,1H3. The molecule has 0 aliphatic carbocycles. The van der Waals surface area contributed by atoms with Crippen LogP contribution in [0.3, 0.4) is 0 Å². The van der Waals surface area contributed by atoms with Crippen LogP contribution in [0.2, 0.25) is 0 Å². The highest BCUT2D eigenvalue weighted by molar-refractivity contribution is 7.09. The number of hydrogen-bond acceptors (Lipinski definition) is 4. The summed E-state index contributed by atoms with van der Waals surface area (Å²) in [5, 5.41) is 0. The number of ether oxygens (including phenoxy) is 3. The van der Waals surface area contributed by atoms with E-state index in [1.54, 1.807) is 7.11 Å². The van der Waals surface area contributed by atoms with Crippen molar-refractivity contribution in [1.29, 1.82) is 0 Å². The average molecular weight is 282 g/mol. The van der Waals surface area contributed by atoms with Crippen molar-refractivity contribution >= 4 is 9.47 Å². The Morgan fingerprint density at radius 3 is 1.33 bits per heavy atom. The highest BCUT2D eigenvalue weighted by atomic mass is 31.0. The minimum atomic E-state index is 0.0369. The minimum Gasteiger partial charge on any atom is -0.376 e. The predicted molar refractivity (Wildman–Crippen MR) is 78.9 cm³/mol. The van der Waals surface area contributed by atoms with Gasteiger partial charge in [-0.2, -0.15) is 0 Å². The zero-order chi connectivity index (χ0) is 14.6. The zero-order valence-corrected chi connectivity index (χ0v) is 14.1. The van der Waals surface area contributed by atoms with Gasteiger partial charge in [0, 0.05) is 7.11 Å². The van der Waals surface area contributed by atoms with Crippen molar-refractivity contribution in [2.24, 2.45) is 0 Å². The van der Waals surface area contributed by atoms with Crippen LogP contribution in [-0.4, -0.2) is 44.7 Å². The van der Waals surface area contributed by atoms with Gasteiger partial charge in [0.2, 0.25) is 0 Å². The fourth-order valence-corrected chi connectivity index (χ4v) is 1.11. The van der Waals surface area contributed by atoms with Crippen molar-refractivity contribution in [2.45, 2.75) is 66.0 Å². The highest BCUT2D eigenvalue weighted by Crippen LogP contribution is 2.03. The largest absolute Gasteiger partial charge is 0.376 e. The molecule has 0 N–H and O–H groups in total. The van der Waals surface area contributed by atoms with E-state index in [0.717, 1.165) is 0 Å². The molecule has 0 fully saturated rings. The second-order valence-corrected chi connectivity index (χ2v) is 5.28. The molecule has 18 heavy (non-hydrogen) atoms. The Kier molecular flexibility index (Phi) is 15.7. The third-order valence-corrected chi connectivity index (χ3v) is 1.70. The van der Waals surface area contributed by atoms with Gasteiger partial charge < -0.3 is 18.7 Å². The predicted octanol–water partition coefficient (Wildman–Crippen LogP) is 3.05. The SMILES string of the molecule is CC(C)OCC(COC(C)C)OC(C)C.COP. The molecular formula is C13H31O4P. The van der Waals surface area contributed by atoms with Crippen molar-refractivity contribution in [3.8, 4) is 0 Å². The summed E-state index contributed by atoms with van der Waals surface area (Å²) in [5.41, 5.74) is 0. The summed E-state index contributed by atoms with van der Waals surface area (Å²) in [6.45, 7) is 13.3. The third kappa shape index (κ3) is 18.6. The smallest absolute Gasteiger partial charge is 0.104 e. The zero-order valence-electron chi connectivity index (χ0n) is 12.9. The summed E-state index contributed by atoms with van der Waals surface area (Å²) in [5.74, 6) is 0. The van der Waals surface area contributed by atoms with E-state index < -0.39 is 0 Å². The second kappa shape index (κ2) is 13.7. The lowest BCUT2D eigenvalue weighted by atomic mass is 10.3. The molecule has 0 aromatic rings. The summed E-state index contributed by atoms with van der Waals surface area (Å²) in [7, 11) is 3.67. The van der Waals surface area contributed by atoms with Gasteiger partial charge in [-0.25, -0.2) is 0 Å². The molecule has 0 aliphatic rings. The van der Waals surface area contributed by atoms with Gasteiger partial charge in [0.1, 0.15) is 6.10 Å². The molecule has 0 aromatic heterocycles. The lowest BCUT2D eigenvalue weighted by molar-refractivity contribution is -0.0992. The van der Waals surface area contributed by atoms with E-state index >= 15 is 0 Å². The Bertz CT molecular complexity index is 151. The van der Waals surface area contributed by atoms with Gasteiger partial charge in [0.15, 0.2) is 0 Å². The first-order valence-corrected chi connectivity index (χ1v) is 6.92. The maximum atomic E-state index is 5.70. The second-order valence-electron chi connectivity index (χ2n) is 4.81. The average Bonchev–Trinajstić information content (AvgIpc) is 2.22. The van der Waals surface area contributed by atoms with Crippen molar-refractivity contribution in [2.75, 3.05) is 20.3 Å². The molecule has 0 heterocycles. The normalized spacial score (nSPS) is 11.3. The van der Waals surface area contributed by atoms with E-state index in [9.17, 15) is 0 Å². The molecule has 4 nitrogen and oxygen atoms in total. The molecule has 0 aromatic carbocycles. The van der Waals surface area contributed by atoms with E-state index in [4.69, 9.17) is 14.2 Å². The van der Waals surface area contributed by atoms with Gasteiger partial charge in [-0.15, -0.1) is 0 Å². The highest BCUT2D eigenvalue weighted by Gasteiger charge is 2.13. The van der Waals surface area contributed by atoms with Crippen molar-refractivity contribution in [1.82, 2.24) is 0 Å². The lowest BCUT2D eigenvalue weighted by Gasteiger charge is -2.22. The fraction of sp³-hybridized carbons (Fsp3) is 1.00. The molecule has 1 atom stereocenters. The summed E-state index contributed by atoms with van der Waals surface area (Å²) in [6.07, 6.45) is 0.723. The molecular weight excluding hydrogens is 251 g/mol. The molecule has 0 rings (SSSR count). The van der Waals surface area contributed by atoms with Gasteiger partial charge in [0.05, 0.1) is 31.5 Å². The van der Waals surface area contributed by atoms with E-state index in [1.807, 2.05) is 41.5 Å². The van der Waals surface area contributed by atoms with Gasteiger partial charge in [0.25, 0.3) is 0 Å². The van der Waals surface area contributed by atoms with Crippen LogP contribution in [0.25, 0.3) is 0 Å². The fourth-order valence-electron chi connectivity index (χ4n) is 1.11. The van der Waals surface area contributed by atoms with Gasteiger partial charge in [-0.05, 0) is 51.0 Å². The topological polar surface area (TPSA) is 36.9 Å². The maximum absolute atomic E-state index is 5.70. The number of hydrogen-bond donors (Lipinski definition) is 0. The quantitative estimate of drug-likeness (QED) is 0.641. The minimum absolute atomic E-state index is 0.0369. The Hall–Kier alpha value is 0.270. The van der Waals surface area contributed by atoms with Crippen LogP contribution in [0.1, 0.15) is 41.5 Å². The van der Waals surface area contributed by atoms with Gasteiger partial charge in [-0.1, -0.05) is 0 Å². The Morgan fingerprint density at radius 1 is 0.778 bits per heavy atom. The van der Waals surface area contributed by atoms with E-state index in [-0.39, 0.29) is 24.4 Å². The van der Waals surface area contributed by atoms with Crippen LogP contribution in [0.4, 0.5) is 0 Å². The van der Waals surface area contributed by atoms with Crippen molar-refractivity contribution in [3.05, 3.63) is 0 Å². The van der Waals surface area contributed by atoms with Crippen molar-refractivity contribution in [3.63, 3.8) is 0 Å². The Labute approximate surface area is 115 Å².